The van der Waals surface area contributed by atoms with Crippen molar-refractivity contribution < 1.29 is 9.90 Å². The van der Waals surface area contributed by atoms with Crippen LogP contribution in [0.3, 0.4) is 0 Å². The van der Waals surface area contributed by atoms with Crippen LogP contribution >= 0.6 is 0 Å². The first-order chi connectivity index (χ1) is 6.63. The van der Waals surface area contributed by atoms with Gasteiger partial charge in [0.15, 0.2) is 0 Å². The lowest BCUT2D eigenvalue weighted by molar-refractivity contribution is -0.133. The number of carbonyl (C=O) groups excluding carboxylic acids is 1. The van der Waals surface area contributed by atoms with Crippen molar-refractivity contribution in [3.63, 3.8) is 0 Å². The molecule has 0 aliphatic heterocycles. The van der Waals surface area contributed by atoms with Crippen LogP contribution < -0.4 is 0 Å². The quantitative estimate of drug-likeness (QED) is 0.755. The Morgan fingerprint density at radius 2 is 2.29 bits per heavy atom. The molecule has 1 rings (SSSR count). The molecule has 0 fully saturated rings. The Kier molecular flexibility index (Phi) is 3.59. The fraction of sp³-hybridized carbons (Fsp3) is 0.400. The number of nitrogens with zero attached hydrogens (tertiary/aromatic N) is 2. The largest absolute Gasteiger partial charge is 0.387 e. The zero-order valence-electron chi connectivity index (χ0n) is 8.40. The van der Waals surface area contributed by atoms with Crippen LogP contribution in [-0.2, 0) is 11.3 Å². The minimum Gasteiger partial charge on any atom is -0.387 e. The van der Waals surface area contributed by atoms with Crippen molar-refractivity contribution in [1.29, 1.82) is 0 Å². The van der Waals surface area contributed by atoms with Crippen molar-refractivity contribution in [2.24, 2.45) is 0 Å². The van der Waals surface area contributed by atoms with Crippen LogP contribution in [0.25, 0.3) is 0 Å². The van der Waals surface area contributed by atoms with Gasteiger partial charge in [-0.1, -0.05) is 6.07 Å². The van der Waals surface area contributed by atoms with Crippen LogP contribution in [0.15, 0.2) is 18.3 Å². The summed E-state index contributed by atoms with van der Waals surface area (Å²) in [6.45, 7) is 1.93. The molecule has 0 bridgehead atoms. The van der Waals surface area contributed by atoms with Gasteiger partial charge in [-0.15, -0.1) is 0 Å². The molecule has 1 amide bonds. The van der Waals surface area contributed by atoms with E-state index in [9.17, 15) is 4.79 Å². The van der Waals surface area contributed by atoms with E-state index in [4.69, 9.17) is 5.11 Å². The predicted molar refractivity (Wildman–Crippen MR) is 52.5 cm³/mol. The Morgan fingerprint density at radius 1 is 1.57 bits per heavy atom. The monoisotopic (exact) mass is 194 g/mol. The second-order valence-electron chi connectivity index (χ2n) is 3.23. The third-order valence-electron chi connectivity index (χ3n) is 1.93. The molecule has 0 spiro atoms. The van der Waals surface area contributed by atoms with Crippen molar-refractivity contribution in [1.82, 2.24) is 9.88 Å². The summed E-state index contributed by atoms with van der Waals surface area (Å²) in [7, 11) is 1.64. The topological polar surface area (TPSA) is 53.4 Å². The number of aryl methyl sites for hydroxylation is 1. The van der Waals surface area contributed by atoms with Gasteiger partial charge in [0.25, 0.3) is 0 Å². The highest BCUT2D eigenvalue weighted by atomic mass is 16.3. The van der Waals surface area contributed by atoms with Gasteiger partial charge >= 0.3 is 0 Å². The molecule has 1 aromatic heterocycles. The van der Waals surface area contributed by atoms with Gasteiger partial charge in [-0.25, -0.2) is 0 Å². The maximum Gasteiger partial charge on any atom is 0.248 e. The van der Waals surface area contributed by atoms with E-state index in [0.29, 0.717) is 6.54 Å². The predicted octanol–water partition coefficient (Wildman–Crippen LogP) is 0.341. The molecule has 0 aliphatic carbocycles. The molecule has 0 saturated heterocycles. The zero-order valence-corrected chi connectivity index (χ0v) is 8.40. The van der Waals surface area contributed by atoms with Gasteiger partial charge < -0.3 is 10.0 Å². The molecule has 0 saturated carbocycles. The van der Waals surface area contributed by atoms with E-state index in [0.717, 1.165) is 11.3 Å². The molecule has 14 heavy (non-hydrogen) atoms. The Bertz CT molecular complexity index is 308. The summed E-state index contributed by atoms with van der Waals surface area (Å²) in [5, 5.41) is 8.62. The summed E-state index contributed by atoms with van der Waals surface area (Å²) in [6.07, 6.45) is 1.76. The number of aliphatic hydroxyl groups excluding tert-OH is 1. The highest BCUT2D eigenvalue weighted by molar-refractivity contribution is 5.76. The van der Waals surface area contributed by atoms with E-state index >= 15 is 0 Å². The van der Waals surface area contributed by atoms with E-state index in [1.165, 1.54) is 4.90 Å². The molecule has 76 valence electrons. The Balaban J connectivity index is 2.60. The van der Waals surface area contributed by atoms with Gasteiger partial charge in [-0.2, -0.15) is 0 Å². The summed E-state index contributed by atoms with van der Waals surface area (Å²) in [5.41, 5.74) is 1.91. The summed E-state index contributed by atoms with van der Waals surface area (Å²) < 4.78 is 0. The van der Waals surface area contributed by atoms with Gasteiger partial charge in [0.1, 0.15) is 6.61 Å². The molecule has 4 heteroatoms. The average molecular weight is 194 g/mol. The normalized spacial score (nSPS) is 9.93. The molecule has 0 aliphatic rings. The number of carbonyl (C=O) groups is 1. The number of amides is 1. The van der Waals surface area contributed by atoms with Crippen LogP contribution in [0.1, 0.15) is 11.3 Å². The Labute approximate surface area is 83.2 Å². The SMILES string of the molecule is Cc1ccc(CN(C)C(=O)CO)nc1. The number of aliphatic hydroxyl groups is 1. The van der Waals surface area contributed by atoms with Crippen LogP contribution in [0.5, 0.6) is 0 Å². The van der Waals surface area contributed by atoms with Crippen LogP contribution in [-0.4, -0.2) is 34.6 Å². The van der Waals surface area contributed by atoms with E-state index in [1.54, 1.807) is 13.2 Å². The Hall–Kier alpha value is -1.42. The minimum atomic E-state index is -0.456. The summed E-state index contributed by atoms with van der Waals surface area (Å²) >= 11 is 0. The van der Waals surface area contributed by atoms with Crippen LogP contribution in [0, 0.1) is 6.92 Å². The second kappa shape index (κ2) is 4.72. The fourth-order valence-corrected chi connectivity index (χ4v) is 1.04. The van der Waals surface area contributed by atoms with Crippen LogP contribution in [0.2, 0.25) is 0 Å². The van der Waals surface area contributed by atoms with Crippen molar-refractivity contribution in [2.75, 3.05) is 13.7 Å². The maximum atomic E-state index is 11.0. The first-order valence-electron chi connectivity index (χ1n) is 4.40. The third-order valence-corrected chi connectivity index (χ3v) is 1.93. The number of pyridine rings is 1. The molecular weight excluding hydrogens is 180 g/mol. The van der Waals surface area contributed by atoms with Gasteiger partial charge in [0.2, 0.25) is 5.91 Å². The lowest BCUT2D eigenvalue weighted by Gasteiger charge is -2.14. The second-order valence-corrected chi connectivity index (χ2v) is 3.23. The molecule has 0 atom stereocenters. The van der Waals surface area contributed by atoms with Crippen molar-refractivity contribution in [2.45, 2.75) is 13.5 Å². The van der Waals surface area contributed by atoms with Crippen LogP contribution in [0.4, 0.5) is 0 Å². The van der Waals surface area contributed by atoms with Gasteiger partial charge in [0, 0.05) is 13.2 Å². The van der Waals surface area contributed by atoms with Crippen molar-refractivity contribution in [3.8, 4) is 0 Å². The minimum absolute atomic E-state index is 0.299. The molecule has 4 nitrogen and oxygen atoms in total. The number of rotatable bonds is 3. The van der Waals surface area contributed by atoms with Gasteiger partial charge in [-0.3, -0.25) is 9.78 Å². The van der Waals surface area contributed by atoms with Crippen molar-refractivity contribution >= 4 is 5.91 Å². The number of hydrogen-bond donors (Lipinski definition) is 1. The molecule has 0 aromatic carbocycles. The third kappa shape index (κ3) is 2.81. The zero-order chi connectivity index (χ0) is 10.6. The molecule has 0 radical (unpaired) electrons. The number of hydrogen-bond acceptors (Lipinski definition) is 3. The van der Waals surface area contributed by atoms with Gasteiger partial charge in [0.05, 0.1) is 12.2 Å². The lowest BCUT2D eigenvalue weighted by atomic mass is 10.2. The first kappa shape index (κ1) is 10.7. The maximum absolute atomic E-state index is 11.0. The van der Waals surface area contributed by atoms with E-state index in [2.05, 4.69) is 4.98 Å². The first-order valence-corrected chi connectivity index (χ1v) is 4.40. The molecule has 1 aromatic rings. The van der Waals surface area contributed by atoms with Gasteiger partial charge in [-0.05, 0) is 18.6 Å². The summed E-state index contributed by atoms with van der Waals surface area (Å²) in [4.78, 5) is 16.6. The average Bonchev–Trinajstić information content (AvgIpc) is 2.20. The van der Waals surface area contributed by atoms with E-state index in [1.807, 2.05) is 19.1 Å². The smallest absolute Gasteiger partial charge is 0.248 e. The van der Waals surface area contributed by atoms with Crippen molar-refractivity contribution in [3.05, 3.63) is 29.6 Å². The highest BCUT2D eigenvalue weighted by Gasteiger charge is 2.07. The lowest BCUT2D eigenvalue weighted by Crippen LogP contribution is -2.28. The molecular formula is C10H14N2O2. The summed E-state index contributed by atoms with van der Waals surface area (Å²) in [6, 6.07) is 3.82. The van der Waals surface area contributed by atoms with E-state index in [-0.39, 0.29) is 5.91 Å². The molecule has 1 heterocycles. The Morgan fingerprint density at radius 3 is 2.79 bits per heavy atom. The van der Waals surface area contributed by atoms with E-state index < -0.39 is 6.61 Å². The highest BCUT2D eigenvalue weighted by Crippen LogP contribution is 2.01. The number of likely N-dealkylation sites (N-methyl/N-ethyl adjacent to an activating group) is 1. The molecule has 0 unspecified atom stereocenters. The summed E-state index contributed by atoms with van der Waals surface area (Å²) in [5.74, 6) is -0.299. The fourth-order valence-electron chi connectivity index (χ4n) is 1.04. The molecule has 1 N–H and O–H groups in total. The standard InChI is InChI=1S/C10H14N2O2/c1-8-3-4-9(11-5-8)6-12(2)10(14)7-13/h3-5,13H,6-7H2,1-2H3. The number of aromatic nitrogens is 1.